The zero-order chi connectivity index (χ0) is 25.1. The Bertz CT molecular complexity index is 965. The number of hydrogen-bond acceptors (Lipinski definition) is 5. The molecule has 3 fully saturated rings. The highest BCUT2D eigenvalue weighted by atomic mass is 16.2. The fourth-order valence-corrected chi connectivity index (χ4v) is 5.18. The van der Waals surface area contributed by atoms with Gasteiger partial charge in [-0.05, 0) is 39.2 Å². The average Bonchev–Trinajstić information content (AvgIpc) is 3.14. The van der Waals surface area contributed by atoms with E-state index in [-0.39, 0.29) is 61.3 Å². The van der Waals surface area contributed by atoms with Crippen LogP contribution in [0.15, 0.2) is 24.3 Å². The van der Waals surface area contributed by atoms with Gasteiger partial charge >= 0.3 is 6.03 Å². The van der Waals surface area contributed by atoms with Crippen LogP contribution in [-0.4, -0.2) is 70.0 Å². The molecule has 0 aromatic heterocycles. The van der Waals surface area contributed by atoms with Crippen LogP contribution < -0.4 is 16.1 Å². The van der Waals surface area contributed by atoms with Crippen molar-refractivity contribution in [3.05, 3.63) is 35.4 Å². The van der Waals surface area contributed by atoms with E-state index in [0.29, 0.717) is 6.54 Å². The lowest BCUT2D eigenvalue weighted by atomic mass is 9.81. The maximum Gasteiger partial charge on any atom is 0.337 e. The molecule has 3 atom stereocenters. The number of carbonyl (C=O) groups is 4. The maximum atomic E-state index is 13.4. The summed E-state index contributed by atoms with van der Waals surface area (Å²) in [5, 5.41) is 7.00. The summed E-state index contributed by atoms with van der Waals surface area (Å²) in [6, 6.07) is 7.40. The van der Waals surface area contributed by atoms with E-state index >= 15 is 0 Å². The quantitative estimate of drug-likeness (QED) is 0.517. The topological polar surface area (TPSA) is 114 Å². The first-order valence-corrected chi connectivity index (χ1v) is 12.5. The van der Waals surface area contributed by atoms with Crippen LogP contribution in [0.25, 0.3) is 0 Å². The van der Waals surface area contributed by atoms with E-state index in [9.17, 15) is 19.2 Å². The summed E-state index contributed by atoms with van der Waals surface area (Å²) in [5.74, 6) is -0.726. The van der Waals surface area contributed by atoms with Crippen LogP contribution in [-0.2, 0) is 20.9 Å². The van der Waals surface area contributed by atoms with Gasteiger partial charge < -0.3 is 15.5 Å². The molecule has 1 saturated carbocycles. The number of nitrogens with zero attached hydrogens (tertiary/aromatic N) is 3. The van der Waals surface area contributed by atoms with Gasteiger partial charge in [-0.3, -0.25) is 19.3 Å². The summed E-state index contributed by atoms with van der Waals surface area (Å²) < 4.78 is 0. The van der Waals surface area contributed by atoms with Crippen LogP contribution in [0.3, 0.4) is 0 Å². The van der Waals surface area contributed by atoms with Crippen molar-refractivity contribution < 1.29 is 19.2 Å². The number of hydrazine groups is 1. The van der Waals surface area contributed by atoms with Crippen LogP contribution in [0.5, 0.6) is 0 Å². The molecule has 5 amide bonds. The van der Waals surface area contributed by atoms with E-state index in [0.717, 1.165) is 36.8 Å². The van der Waals surface area contributed by atoms with E-state index in [4.69, 9.17) is 0 Å². The number of aryl methyl sites for hydroxylation is 1. The third kappa shape index (κ3) is 5.58. The second kappa shape index (κ2) is 10.6. The first-order chi connectivity index (χ1) is 16.7. The third-order valence-corrected chi connectivity index (χ3v) is 6.91. The molecule has 0 bridgehead atoms. The van der Waals surface area contributed by atoms with Crippen LogP contribution in [0, 0.1) is 12.8 Å². The van der Waals surface area contributed by atoms with Gasteiger partial charge in [0.1, 0.15) is 6.54 Å². The van der Waals surface area contributed by atoms with E-state index in [2.05, 4.69) is 16.1 Å². The molecule has 190 valence electrons. The van der Waals surface area contributed by atoms with E-state index in [1.54, 1.807) is 9.80 Å². The second-order valence-corrected chi connectivity index (χ2v) is 10.0. The molecule has 3 N–H and O–H groups in total. The Morgan fingerprint density at radius 2 is 1.80 bits per heavy atom. The van der Waals surface area contributed by atoms with Gasteiger partial charge in [-0.2, -0.15) is 5.43 Å². The number of benzene rings is 1. The zero-order valence-corrected chi connectivity index (χ0v) is 20.8. The lowest BCUT2D eigenvalue weighted by Gasteiger charge is -2.48. The van der Waals surface area contributed by atoms with Crippen molar-refractivity contribution in [3.63, 3.8) is 0 Å². The summed E-state index contributed by atoms with van der Waals surface area (Å²) >= 11 is 0. The van der Waals surface area contributed by atoms with E-state index < -0.39 is 6.29 Å². The van der Waals surface area contributed by atoms with Gasteiger partial charge in [0, 0.05) is 31.6 Å². The number of nitrogens with one attached hydrogen (secondary N) is 3. The SMILES string of the molecule is Cc1ccc(CNC(=O)CN2NC3N(CCC(=O)NC(C)C)C(=O)C4CCCCC4N3C2=O)cc1. The molecule has 2 saturated heterocycles. The highest BCUT2D eigenvalue weighted by Crippen LogP contribution is 2.38. The highest BCUT2D eigenvalue weighted by molar-refractivity contribution is 5.88. The number of amides is 5. The molecule has 0 radical (unpaired) electrons. The summed E-state index contributed by atoms with van der Waals surface area (Å²) in [6.07, 6.45) is 2.85. The van der Waals surface area contributed by atoms with Gasteiger partial charge in [-0.15, -0.1) is 0 Å². The Labute approximate surface area is 206 Å². The van der Waals surface area contributed by atoms with Crippen molar-refractivity contribution in [2.75, 3.05) is 13.1 Å². The number of fused-ring (bicyclic) bond motifs is 3. The van der Waals surface area contributed by atoms with Crippen LogP contribution in [0.1, 0.15) is 57.1 Å². The Morgan fingerprint density at radius 3 is 2.51 bits per heavy atom. The Morgan fingerprint density at radius 1 is 1.09 bits per heavy atom. The fourth-order valence-electron chi connectivity index (χ4n) is 5.18. The number of carbonyl (C=O) groups excluding carboxylic acids is 4. The Kier molecular flexibility index (Phi) is 7.59. The first-order valence-electron chi connectivity index (χ1n) is 12.5. The molecule has 10 heteroatoms. The van der Waals surface area contributed by atoms with Crippen LogP contribution in [0.4, 0.5) is 4.79 Å². The van der Waals surface area contributed by atoms with Gasteiger partial charge in [-0.25, -0.2) is 9.80 Å². The lowest BCUT2D eigenvalue weighted by molar-refractivity contribution is -0.156. The summed E-state index contributed by atoms with van der Waals surface area (Å²) in [4.78, 5) is 54.9. The maximum absolute atomic E-state index is 13.4. The molecule has 10 nitrogen and oxygen atoms in total. The van der Waals surface area contributed by atoms with Gasteiger partial charge in [0.25, 0.3) is 0 Å². The first kappa shape index (κ1) is 25.0. The molecule has 2 heterocycles. The average molecular weight is 485 g/mol. The van der Waals surface area contributed by atoms with Crippen molar-refractivity contribution in [1.82, 2.24) is 30.9 Å². The molecule has 3 unspecified atom stereocenters. The summed E-state index contributed by atoms with van der Waals surface area (Å²) in [6.45, 7) is 6.19. The van der Waals surface area contributed by atoms with E-state index in [1.807, 2.05) is 45.0 Å². The minimum atomic E-state index is -0.689. The van der Waals surface area contributed by atoms with Gasteiger partial charge in [-0.1, -0.05) is 42.7 Å². The monoisotopic (exact) mass is 484 g/mol. The van der Waals surface area contributed by atoms with Crippen molar-refractivity contribution in [3.8, 4) is 0 Å². The van der Waals surface area contributed by atoms with Crippen molar-refractivity contribution in [2.45, 2.75) is 77.8 Å². The lowest BCUT2D eigenvalue weighted by Crippen LogP contribution is -2.66. The predicted molar refractivity (Wildman–Crippen MR) is 129 cm³/mol. The highest BCUT2D eigenvalue weighted by Gasteiger charge is 2.54. The smallest absolute Gasteiger partial charge is 0.337 e. The second-order valence-electron chi connectivity index (χ2n) is 10.0. The van der Waals surface area contributed by atoms with Crippen molar-refractivity contribution in [1.29, 1.82) is 0 Å². The standard InChI is InChI=1S/C25H36N6O4/c1-16(2)27-21(32)12-13-29-23(34)19-6-4-5-7-20(19)31-24(29)28-30(25(31)35)15-22(33)26-14-18-10-8-17(3)9-11-18/h8-11,16,19-20,24,28H,4-7,12-15H2,1-3H3,(H,26,33)(H,27,32). The largest absolute Gasteiger partial charge is 0.354 e. The molecule has 3 aliphatic rings. The molecule has 1 aliphatic carbocycles. The summed E-state index contributed by atoms with van der Waals surface area (Å²) in [5.41, 5.74) is 5.20. The van der Waals surface area contributed by atoms with Crippen molar-refractivity contribution in [2.24, 2.45) is 5.92 Å². The fraction of sp³-hybridized carbons (Fsp3) is 0.600. The van der Waals surface area contributed by atoms with Crippen molar-refractivity contribution >= 4 is 23.8 Å². The number of rotatable bonds is 8. The van der Waals surface area contributed by atoms with E-state index in [1.165, 1.54) is 5.01 Å². The molecular weight excluding hydrogens is 448 g/mol. The third-order valence-electron chi connectivity index (χ3n) is 6.91. The molecular formula is C25H36N6O4. The van der Waals surface area contributed by atoms with Crippen LogP contribution >= 0.6 is 0 Å². The molecule has 4 rings (SSSR count). The Hall–Kier alpha value is -3.14. The molecule has 1 aromatic carbocycles. The minimum absolute atomic E-state index is 0.0128. The molecule has 1 aromatic rings. The van der Waals surface area contributed by atoms with Crippen LogP contribution in [0.2, 0.25) is 0 Å². The van der Waals surface area contributed by atoms with Gasteiger partial charge in [0.2, 0.25) is 17.7 Å². The van der Waals surface area contributed by atoms with Gasteiger partial charge in [0.15, 0.2) is 6.29 Å². The number of urea groups is 1. The van der Waals surface area contributed by atoms with Gasteiger partial charge in [0.05, 0.1) is 5.92 Å². The Balaban J connectivity index is 1.43. The minimum Gasteiger partial charge on any atom is -0.354 e. The summed E-state index contributed by atoms with van der Waals surface area (Å²) in [7, 11) is 0. The molecule has 2 aliphatic heterocycles. The molecule has 35 heavy (non-hydrogen) atoms. The number of hydrogen-bond donors (Lipinski definition) is 3. The normalized spacial score (nSPS) is 23.9. The predicted octanol–water partition coefficient (Wildman–Crippen LogP) is 1.45. The zero-order valence-electron chi connectivity index (χ0n) is 20.8. The molecule has 0 spiro atoms.